The standard InChI is InChI=1S/C12H11ClN2O2/c13-10-2-1-9(5-14)11(4-10)15-6-8(7-15)3-12(16)17/h1-2,4,8H,3,6-7H2,(H,16,17). The maximum Gasteiger partial charge on any atom is 0.303 e. The zero-order valence-corrected chi connectivity index (χ0v) is 9.81. The Balaban J connectivity index is 2.08. The fourth-order valence-corrected chi connectivity index (χ4v) is 2.17. The fraction of sp³-hybridized carbons (Fsp3) is 0.333. The van der Waals surface area contributed by atoms with Crippen LogP contribution in [-0.2, 0) is 4.79 Å². The number of anilines is 1. The van der Waals surface area contributed by atoms with Gasteiger partial charge in [-0.05, 0) is 18.2 Å². The Bertz CT molecular complexity index is 490. The summed E-state index contributed by atoms with van der Waals surface area (Å²) in [5.74, 6) is -0.612. The molecule has 1 fully saturated rings. The van der Waals surface area contributed by atoms with Gasteiger partial charge >= 0.3 is 5.97 Å². The number of aliphatic carboxylic acids is 1. The first-order valence-electron chi connectivity index (χ1n) is 5.26. The summed E-state index contributed by atoms with van der Waals surface area (Å²) in [6.07, 6.45) is 0.180. The summed E-state index contributed by atoms with van der Waals surface area (Å²) in [5.41, 5.74) is 1.37. The van der Waals surface area contributed by atoms with Gasteiger partial charge in [-0.25, -0.2) is 0 Å². The number of nitriles is 1. The molecule has 88 valence electrons. The van der Waals surface area contributed by atoms with Gasteiger partial charge in [-0.1, -0.05) is 11.6 Å². The Morgan fingerprint density at radius 1 is 1.59 bits per heavy atom. The Hall–Kier alpha value is -1.73. The molecule has 2 rings (SSSR count). The minimum absolute atomic E-state index is 0.165. The van der Waals surface area contributed by atoms with Crippen LogP contribution in [0.15, 0.2) is 18.2 Å². The second-order valence-corrected chi connectivity index (χ2v) is 4.58. The molecule has 0 atom stereocenters. The van der Waals surface area contributed by atoms with E-state index in [4.69, 9.17) is 22.0 Å². The van der Waals surface area contributed by atoms with Crippen molar-refractivity contribution in [1.29, 1.82) is 5.26 Å². The average Bonchev–Trinajstić information content (AvgIpc) is 2.22. The number of halogens is 1. The Morgan fingerprint density at radius 3 is 2.88 bits per heavy atom. The van der Waals surface area contributed by atoms with Crippen LogP contribution in [0.4, 0.5) is 5.69 Å². The molecule has 0 unspecified atom stereocenters. The molecule has 0 amide bonds. The monoisotopic (exact) mass is 250 g/mol. The molecule has 0 aromatic heterocycles. The van der Waals surface area contributed by atoms with E-state index in [-0.39, 0.29) is 12.3 Å². The van der Waals surface area contributed by atoms with E-state index in [1.54, 1.807) is 18.2 Å². The van der Waals surface area contributed by atoms with Gasteiger partial charge in [0.2, 0.25) is 0 Å². The molecule has 1 aliphatic rings. The van der Waals surface area contributed by atoms with E-state index in [1.807, 2.05) is 4.90 Å². The van der Waals surface area contributed by atoms with E-state index in [1.165, 1.54) is 0 Å². The van der Waals surface area contributed by atoms with Crippen LogP contribution in [0.25, 0.3) is 0 Å². The molecule has 1 saturated heterocycles. The van der Waals surface area contributed by atoms with Crippen LogP contribution in [-0.4, -0.2) is 24.2 Å². The third-order valence-corrected chi connectivity index (χ3v) is 3.08. The minimum Gasteiger partial charge on any atom is -0.481 e. The maximum atomic E-state index is 10.5. The largest absolute Gasteiger partial charge is 0.481 e. The Kier molecular flexibility index (Phi) is 3.21. The number of carbonyl (C=O) groups is 1. The van der Waals surface area contributed by atoms with Crippen LogP contribution in [0.2, 0.25) is 5.02 Å². The van der Waals surface area contributed by atoms with Crippen molar-refractivity contribution < 1.29 is 9.90 Å². The van der Waals surface area contributed by atoms with E-state index in [2.05, 4.69) is 6.07 Å². The second kappa shape index (κ2) is 4.64. The predicted molar refractivity (Wildman–Crippen MR) is 64.1 cm³/mol. The van der Waals surface area contributed by atoms with Gasteiger partial charge in [-0.15, -0.1) is 0 Å². The first kappa shape index (κ1) is 11.7. The van der Waals surface area contributed by atoms with Crippen molar-refractivity contribution in [2.75, 3.05) is 18.0 Å². The Labute approximate surface area is 104 Å². The summed E-state index contributed by atoms with van der Waals surface area (Å²) in [6.45, 7) is 1.34. The molecule has 17 heavy (non-hydrogen) atoms. The van der Waals surface area contributed by atoms with Gasteiger partial charge < -0.3 is 10.0 Å². The molecule has 0 aliphatic carbocycles. The SMILES string of the molecule is N#Cc1ccc(Cl)cc1N1CC(CC(=O)O)C1. The molecular weight excluding hydrogens is 240 g/mol. The van der Waals surface area contributed by atoms with Crippen LogP contribution in [0.1, 0.15) is 12.0 Å². The number of rotatable bonds is 3. The number of hydrogen-bond donors (Lipinski definition) is 1. The molecule has 1 N–H and O–H groups in total. The summed E-state index contributed by atoms with van der Waals surface area (Å²) >= 11 is 5.89. The first-order chi connectivity index (χ1) is 8.10. The van der Waals surface area contributed by atoms with Crippen LogP contribution in [0.3, 0.4) is 0 Å². The van der Waals surface area contributed by atoms with E-state index in [9.17, 15) is 4.79 Å². The van der Waals surface area contributed by atoms with Gasteiger partial charge in [0.1, 0.15) is 6.07 Å². The molecule has 0 bridgehead atoms. The molecule has 1 heterocycles. The third-order valence-electron chi connectivity index (χ3n) is 2.84. The number of hydrogen-bond acceptors (Lipinski definition) is 3. The zero-order chi connectivity index (χ0) is 12.4. The predicted octanol–water partition coefficient (Wildman–Crippen LogP) is 2.12. The first-order valence-corrected chi connectivity index (χ1v) is 5.64. The van der Waals surface area contributed by atoms with Gasteiger partial charge in [0.15, 0.2) is 0 Å². The van der Waals surface area contributed by atoms with Crippen molar-refractivity contribution in [3.05, 3.63) is 28.8 Å². The van der Waals surface area contributed by atoms with Crippen molar-refractivity contribution in [2.24, 2.45) is 5.92 Å². The smallest absolute Gasteiger partial charge is 0.303 e. The Morgan fingerprint density at radius 2 is 2.29 bits per heavy atom. The van der Waals surface area contributed by atoms with E-state index < -0.39 is 5.97 Å². The summed E-state index contributed by atoms with van der Waals surface area (Å²) in [4.78, 5) is 12.5. The van der Waals surface area contributed by atoms with Crippen molar-refractivity contribution in [3.63, 3.8) is 0 Å². The highest BCUT2D eigenvalue weighted by molar-refractivity contribution is 6.30. The van der Waals surface area contributed by atoms with Crippen molar-refractivity contribution in [2.45, 2.75) is 6.42 Å². The van der Waals surface area contributed by atoms with Crippen molar-refractivity contribution in [1.82, 2.24) is 0 Å². The van der Waals surface area contributed by atoms with Crippen molar-refractivity contribution >= 4 is 23.3 Å². The molecule has 1 aromatic rings. The fourth-order valence-electron chi connectivity index (χ4n) is 2.00. The molecule has 0 spiro atoms. The highest BCUT2D eigenvalue weighted by atomic mass is 35.5. The molecule has 1 aliphatic heterocycles. The average molecular weight is 251 g/mol. The molecule has 1 aromatic carbocycles. The highest BCUT2D eigenvalue weighted by Gasteiger charge is 2.30. The summed E-state index contributed by atoms with van der Waals surface area (Å²) in [6, 6.07) is 7.22. The topological polar surface area (TPSA) is 64.3 Å². The van der Waals surface area contributed by atoms with Crippen molar-refractivity contribution in [3.8, 4) is 6.07 Å². The van der Waals surface area contributed by atoms with E-state index in [0.717, 1.165) is 5.69 Å². The molecule has 5 heteroatoms. The lowest BCUT2D eigenvalue weighted by molar-refractivity contribution is -0.138. The van der Waals surface area contributed by atoms with Gasteiger partial charge in [0, 0.05) is 24.0 Å². The number of carboxylic acids is 1. The summed E-state index contributed by atoms with van der Waals surface area (Å²) in [7, 11) is 0. The molecule has 0 saturated carbocycles. The number of nitrogens with zero attached hydrogens (tertiary/aromatic N) is 2. The van der Waals surface area contributed by atoms with E-state index >= 15 is 0 Å². The maximum absolute atomic E-state index is 10.5. The molecular formula is C12H11ClN2O2. The second-order valence-electron chi connectivity index (χ2n) is 4.14. The minimum atomic E-state index is -0.777. The molecule has 0 radical (unpaired) electrons. The lowest BCUT2D eigenvalue weighted by atomic mass is 9.95. The van der Waals surface area contributed by atoms with Gasteiger partial charge in [0.05, 0.1) is 17.7 Å². The normalized spacial score (nSPS) is 15.2. The van der Waals surface area contributed by atoms with E-state index in [0.29, 0.717) is 23.7 Å². The van der Waals surface area contributed by atoms with Gasteiger partial charge in [0.25, 0.3) is 0 Å². The van der Waals surface area contributed by atoms with Gasteiger partial charge in [-0.3, -0.25) is 4.79 Å². The lowest BCUT2D eigenvalue weighted by Gasteiger charge is -2.40. The number of benzene rings is 1. The third kappa shape index (κ3) is 2.51. The lowest BCUT2D eigenvalue weighted by Crippen LogP contribution is -2.47. The van der Waals surface area contributed by atoms with Crippen LogP contribution < -0.4 is 4.90 Å². The zero-order valence-electron chi connectivity index (χ0n) is 9.06. The van der Waals surface area contributed by atoms with Crippen LogP contribution in [0.5, 0.6) is 0 Å². The quantitative estimate of drug-likeness (QED) is 0.893. The van der Waals surface area contributed by atoms with Gasteiger partial charge in [-0.2, -0.15) is 5.26 Å². The van der Waals surface area contributed by atoms with Crippen LogP contribution in [0, 0.1) is 17.2 Å². The summed E-state index contributed by atoms with van der Waals surface area (Å²) in [5, 5.41) is 18.2. The number of carboxylic acid groups (broad SMARTS) is 1. The summed E-state index contributed by atoms with van der Waals surface area (Å²) < 4.78 is 0. The van der Waals surface area contributed by atoms with Crippen LogP contribution >= 0.6 is 11.6 Å². The highest BCUT2D eigenvalue weighted by Crippen LogP contribution is 2.31. The molecule has 4 nitrogen and oxygen atoms in total.